The van der Waals surface area contributed by atoms with Crippen molar-refractivity contribution in [3.05, 3.63) is 65.0 Å². The number of pyridine rings is 1. The van der Waals surface area contributed by atoms with Gasteiger partial charge in [0.1, 0.15) is 0 Å². The number of aryl methyl sites for hydroxylation is 1. The molecule has 0 bridgehead atoms. The Morgan fingerprint density at radius 1 is 1.29 bits per heavy atom. The van der Waals surface area contributed by atoms with E-state index in [1.807, 2.05) is 4.90 Å². The van der Waals surface area contributed by atoms with E-state index < -0.39 is 0 Å². The van der Waals surface area contributed by atoms with Crippen molar-refractivity contribution in [1.29, 1.82) is 0 Å². The molecule has 1 aliphatic heterocycles. The quantitative estimate of drug-likeness (QED) is 0.843. The highest BCUT2D eigenvalue weighted by Gasteiger charge is 2.29. The van der Waals surface area contributed by atoms with Gasteiger partial charge in [-0.1, -0.05) is 30.7 Å². The molecule has 1 unspecified atom stereocenters. The fraction of sp³-hybridized carbons (Fsp3) is 0.333. The maximum Gasteiger partial charge on any atom is 0.254 e. The van der Waals surface area contributed by atoms with Crippen LogP contribution in [0, 0.1) is 6.92 Å². The first kappa shape index (κ1) is 13.8. The van der Waals surface area contributed by atoms with E-state index in [0.717, 1.165) is 24.9 Å². The summed E-state index contributed by atoms with van der Waals surface area (Å²) in [7, 11) is 0. The van der Waals surface area contributed by atoms with Gasteiger partial charge in [0, 0.05) is 24.5 Å². The molecule has 0 radical (unpaired) electrons. The zero-order valence-electron chi connectivity index (χ0n) is 12.5. The first-order valence-corrected chi connectivity index (χ1v) is 7.51. The van der Waals surface area contributed by atoms with Gasteiger partial charge in [0.05, 0.1) is 6.04 Å². The van der Waals surface area contributed by atoms with Gasteiger partial charge in [0.15, 0.2) is 0 Å². The standard InChI is InChI=1S/C18H20N2O/c1-3-17-16-5-4-13(2)12-15(16)8-11-20(17)18(21)14-6-9-19-10-7-14/h4-7,9-10,12,17H,3,8,11H2,1-2H3. The number of amides is 1. The number of benzene rings is 1. The predicted molar refractivity (Wildman–Crippen MR) is 83.2 cm³/mol. The highest BCUT2D eigenvalue weighted by molar-refractivity contribution is 5.94. The number of rotatable bonds is 2. The smallest absolute Gasteiger partial charge is 0.254 e. The Morgan fingerprint density at radius 3 is 2.76 bits per heavy atom. The predicted octanol–water partition coefficient (Wildman–Crippen LogP) is 3.54. The Hall–Kier alpha value is -2.16. The zero-order valence-corrected chi connectivity index (χ0v) is 12.5. The molecule has 108 valence electrons. The summed E-state index contributed by atoms with van der Waals surface area (Å²) in [6.07, 6.45) is 5.22. The van der Waals surface area contributed by atoms with Crippen LogP contribution in [0.4, 0.5) is 0 Å². The third-order valence-corrected chi connectivity index (χ3v) is 4.23. The average Bonchev–Trinajstić information content (AvgIpc) is 2.53. The minimum absolute atomic E-state index is 0.107. The second kappa shape index (κ2) is 5.68. The minimum Gasteiger partial charge on any atom is -0.331 e. The van der Waals surface area contributed by atoms with E-state index in [0.29, 0.717) is 0 Å². The summed E-state index contributed by atoms with van der Waals surface area (Å²) in [4.78, 5) is 18.7. The van der Waals surface area contributed by atoms with E-state index in [9.17, 15) is 4.79 Å². The molecule has 3 heteroatoms. The van der Waals surface area contributed by atoms with Crippen LogP contribution in [0.2, 0.25) is 0 Å². The SMILES string of the molecule is CCC1c2ccc(C)cc2CCN1C(=O)c1ccncc1. The molecule has 0 saturated carbocycles. The van der Waals surface area contributed by atoms with Crippen LogP contribution in [-0.4, -0.2) is 22.3 Å². The molecule has 3 nitrogen and oxygen atoms in total. The van der Waals surface area contributed by atoms with Crippen LogP contribution in [-0.2, 0) is 6.42 Å². The summed E-state index contributed by atoms with van der Waals surface area (Å²) in [5.74, 6) is 0.107. The molecule has 1 aliphatic rings. The van der Waals surface area contributed by atoms with E-state index in [-0.39, 0.29) is 11.9 Å². The number of hydrogen-bond donors (Lipinski definition) is 0. The van der Waals surface area contributed by atoms with Crippen LogP contribution in [0.3, 0.4) is 0 Å². The van der Waals surface area contributed by atoms with Gasteiger partial charge in [-0.15, -0.1) is 0 Å². The van der Waals surface area contributed by atoms with Crippen molar-refractivity contribution < 1.29 is 4.79 Å². The maximum absolute atomic E-state index is 12.7. The van der Waals surface area contributed by atoms with Crippen LogP contribution in [0.15, 0.2) is 42.7 Å². The van der Waals surface area contributed by atoms with Gasteiger partial charge in [-0.3, -0.25) is 9.78 Å². The van der Waals surface area contributed by atoms with Gasteiger partial charge in [-0.05, 0) is 43.0 Å². The summed E-state index contributed by atoms with van der Waals surface area (Å²) < 4.78 is 0. The van der Waals surface area contributed by atoms with Crippen molar-refractivity contribution in [1.82, 2.24) is 9.88 Å². The van der Waals surface area contributed by atoms with E-state index >= 15 is 0 Å². The molecule has 2 heterocycles. The Kier molecular flexibility index (Phi) is 3.74. The molecular weight excluding hydrogens is 260 g/mol. The molecule has 1 aromatic carbocycles. The lowest BCUT2D eigenvalue weighted by molar-refractivity contribution is 0.0655. The highest BCUT2D eigenvalue weighted by Crippen LogP contribution is 2.33. The van der Waals surface area contributed by atoms with Crippen molar-refractivity contribution in [3.8, 4) is 0 Å². The first-order chi connectivity index (χ1) is 10.2. The Bertz CT molecular complexity index is 652. The summed E-state index contributed by atoms with van der Waals surface area (Å²) >= 11 is 0. The van der Waals surface area contributed by atoms with Crippen LogP contribution in [0.1, 0.15) is 46.4 Å². The molecule has 0 fully saturated rings. The van der Waals surface area contributed by atoms with E-state index in [2.05, 4.69) is 37.0 Å². The second-order valence-corrected chi connectivity index (χ2v) is 5.61. The molecule has 1 aromatic heterocycles. The normalized spacial score (nSPS) is 17.4. The van der Waals surface area contributed by atoms with E-state index in [1.165, 1.54) is 16.7 Å². The molecule has 0 spiro atoms. The minimum atomic E-state index is 0.107. The lowest BCUT2D eigenvalue weighted by Crippen LogP contribution is -2.39. The van der Waals surface area contributed by atoms with Crippen molar-refractivity contribution in [2.24, 2.45) is 0 Å². The van der Waals surface area contributed by atoms with Gasteiger partial charge in [0.25, 0.3) is 5.91 Å². The Balaban J connectivity index is 1.94. The van der Waals surface area contributed by atoms with Gasteiger partial charge in [-0.25, -0.2) is 0 Å². The van der Waals surface area contributed by atoms with Crippen LogP contribution >= 0.6 is 0 Å². The number of hydrogen-bond acceptors (Lipinski definition) is 2. The molecule has 21 heavy (non-hydrogen) atoms. The Morgan fingerprint density at radius 2 is 2.05 bits per heavy atom. The van der Waals surface area contributed by atoms with Crippen LogP contribution in [0.25, 0.3) is 0 Å². The molecule has 1 amide bonds. The van der Waals surface area contributed by atoms with Crippen molar-refractivity contribution in [3.63, 3.8) is 0 Å². The molecule has 2 aromatic rings. The molecule has 1 atom stereocenters. The molecule has 0 N–H and O–H groups in total. The highest BCUT2D eigenvalue weighted by atomic mass is 16.2. The van der Waals surface area contributed by atoms with E-state index in [1.54, 1.807) is 24.5 Å². The first-order valence-electron chi connectivity index (χ1n) is 7.51. The molecule has 3 rings (SSSR count). The Labute approximate surface area is 125 Å². The summed E-state index contributed by atoms with van der Waals surface area (Å²) in [6, 6.07) is 10.3. The number of fused-ring (bicyclic) bond motifs is 1. The van der Waals surface area contributed by atoms with Crippen molar-refractivity contribution in [2.75, 3.05) is 6.54 Å². The maximum atomic E-state index is 12.7. The zero-order chi connectivity index (χ0) is 14.8. The summed E-state index contributed by atoms with van der Waals surface area (Å²) in [6.45, 7) is 5.05. The fourth-order valence-electron chi connectivity index (χ4n) is 3.18. The topological polar surface area (TPSA) is 33.2 Å². The number of carbonyl (C=O) groups is 1. The van der Waals surface area contributed by atoms with Gasteiger partial charge in [0.2, 0.25) is 0 Å². The van der Waals surface area contributed by atoms with Gasteiger partial charge >= 0.3 is 0 Å². The number of aromatic nitrogens is 1. The lowest BCUT2D eigenvalue weighted by Gasteiger charge is -2.37. The lowest BCUT2D eigenvalue weighted by atomic mass is 9.89. The fourth-order valence-corrected chi connectivity index (χ4v) is 3.18. The summed E-state index contributed by atoms with van der Waals surface area (Å²) in [5.41, 5.74) is 4.70. The van der Waals surface area contributed by atoms with Gasteiger partial charge < -0.3 is 4.90 Å². The van der Waals surface area contributed by atoms with Crippen molar-refractivity contribution in [2.45, 2.75) is 32.7 Å². The third kappa shape index (κ3) is 2.56. The summed E-state index contributed by atoms with van der Waals surface area (Å²) in [5, 5.41) is 0. The number of carbonyl (C=O) groups excluding carboxylic acids is 1. The monoisotopic (exact) mass is 280 g/mol. The van der Waals surface area contributed by atoms with Crippen LogP contribution < -0.4 is 0 Å². The molecule has 0 saturated heterocycles. The molecule has 0 aliphatic carbocycles. The largest absolute Gasteiger partial charge is 0.331 e. The molecular formula is C18H20N2O. The average molecular weight is 280 g/mol. The third-order valence-electron chi connectivity index (χ3n) is 4.23. The van der Waals surface area contributed by atoms with E-state index in [4.69, 9.17) is 0 Å². The van der Waals surface area contributed by atoms with Gasteiger partial charge in [-0.2, -0.15) is 0 Å². The van der Waals surface area contributed by atoms with Crippen LogP contribution in [0.5, 0.6) is 0 Å². The second-order valence-electron chi connectivity index (χ2n) is 5.61. The number of nitrogens with zero attached hydrogens (tertiary/aromatic N) is 2. The van der Waals surface area contributed by atoms with Crippen molar-refractivity contribution >= 4 is 5.91 Å².